The van der Waals surface area contributed by atoms with Gasteiger partial charge >= 0.3 is 6.18 Å². The fourth-order valence-corrected chi connectivity index (χ4v) is 5.88. The average molecular weight is 524 g/mol. The van der Waals surface area contributed by atoms with Crippen molar-refractivity contribution >= 4 is 43.0 Å². The van der Waals surface area contributed by atoms with Crippen molar-refractivity contribution in [2.24, 2.45) is 0 Å². The van der Waals surface area contributed by atoms with Gasteiger partial charge in [0.2, 0.25) is 10.0 Å². The van der Waals surface area contributed by atoms with Gasteiger partial charge in [-0.1, -0.05) is 0 Å². The number of aromatic amines is 1. The zero-order valence-corrected chi connectivity index (χ0v) is 18.9. The normalized spacial score (nSPS) is 13.4. The highest BCUT2D eigenvalue weighted by Crippen LogP contribution is 2.37. The van der Waals surface area contributed by atoms with E-state index in [0.29, 0.717) is 9.61 Å². The third-order valence-corrected chi connectivity index (χ3v) is 7.65. The Morgan fingerprint density at radius 3 is 2.57 bits per heavy atom. The van der Waals surface area contributed by atoms with Gasteiger partial charge in [0.15, 0.2) is 5.82 Å². The number of thiophene rings is 1. The maximum absolute atomic E-state index is 13.6. The largest absolute Gasteiger partial charge is 0.418 e. The van der Waals surface area contributed by atoms with Crippen LogP contribution in [-0.4, -0.2) is 36.2 Å². The summed E-state index contributed by atoms with van der Waals surface area (Å²) in [4.78, 5) is 4.05. The molecule has 1 aromatic carbocycles. The highest BCUT2D eigenvalue weighted by molar-refractivity contribution is 9.11. The third-order valence-electron chi connectivity index (χ3n) is 3.95. The van der Waals surface area contributed by atoms with Crippen LogP contribution in [0.4, 0.5) is 18.9 Å². The first-order valence-electron chi connectivity index (χ1n) is 8.58. The average Bonchev–Trinajstić information content (AvgIpc) is 3.27. The molecule has 0 aliphatic rings. The molecule has 0 saturated carbocycles. The maximum atomic E-state index is 13.6. The van der Waals surface area contributed by atoms with Crippen LogP contribution in [0.3, 0.4) is 0 Å². The first-order chi connectivity index (χ1) is 14.0. The van der Waals surface area contributed by atoms with E-state index in [-0.39, 0.29) is 27.8 Å². The van der Waals surface area contributed by atoms with Crippen molar-refractivity contribution in [3.05, 3.63) is 45.5 Å². The standard InChI is InChI=1S/C17H17BrF3N5O2S2/c1-9(26-30(27,28)15-6-5-14(18)29-15)8-22-13-4-3-11(7-12(13)17(19,20)21)16-23-10(2)24-25-16/h3-7,9,22,26H,8H2,1-2H3,(H,23,24,25)/t9-/m1/s1. The molecule has 0 unspecified atom stereocenters. The number of hydrogen-bond donors (Lipinski definition) is 3. The second-order valence-corrected chi connectivity index (χ2v) is 10.9. The minimum Gasteiger partial charge on any atom is -0.383 e. The lowest BCUT2D eigenvalue weighted by atomic mass is 10.1. The molecule has 1 atom stereocenters. The molecule has 0 bridgehead atoms. The summed E-state index contributed by atoms with van der Waals surface area (Å²) in [7, 11) is -3.77. The molecule has 0 fully saturated rings. The van der Waals surface area contributed by atoms with Gasteiger partial charge in [-0.2, -0.15) is 18.3 Å². The smallest absolute Gasteiger partial charge is 0.383 e. The van der Waals surface area contributed by atoms with Crippen LogP contribution in [-0.2, 0) is 16.2 Å². The number of anilines is 1. The van der Waals surface area contributed by atoms with Gasteiger partial charge in [0.25, 0.3) is 0 Å². The van der Waals surface area contributed by atoms with Crippen molar-refractivity contribution < 1.29 is 21.6 Å². The summed E-state index contributed by atoms with van der Waals surface area (Å²) in [5.41, 5.74) is -0.836. The minimum atomic E-state index is -4.62. The Bertz CT molecular complexity index is 1140. The van der Waals surface area contributed by atoms with Crippen LogP contribution >= 0.6 is 27.3 Å². The molecular weight excluding hydrogens is 507 g/mol. The van der Waals surface area contributed by atoms with Gasteiger partial charge in [0.1, 0.15) is 10.0 Å². The van der Waals surface area contributed by atoms with Crippen molar-refractivity contribution in [1.29, 1.82) is 0 Å². The number of alkyl halides is 3. The van der Waals surface area contributed by atoms with E-state index in [1.54, 1.807) is 19.9 Å². The van der Waals surface area contributed by atoms with Crippen LogP contribution in [0.2, 0.25) is 0 Å². The zero-order chi connectivity index (χ0) is 22.1. The predicted octanol–water partition coefficient (Wildman–Crippen LogP) is 4.40. The highest BCUT2D eigenvalue weighted by Gasteiger charge is 2.34. The highest BCUT2D eigenvalue weighted by atomic mass is 79.9. The molecule has 3 rings (SSSR count). The van der Waals surface area contributed by atoms with Gasteiger partial charge in [-0.25, -0.2) is 18.1 Å². The first kappa shape index (κ1) is 22.7. The summed E-state index contributed by atoms with van der Waals surface area (Å²) in [6.45, 7) is 3.16. The van der Waals surface area contributed by atoms with E-state index in [1.807, 2.05) is 0 Å². The van der Waals surface area contributed by atoms with Crippen LogP contribution in [0.15, 0.2) is 38.3 Å². The molecule has 3 N–H and O–H groups in total. The number of rotatable bonds is 7. The van der Waals surface area contributed by atoms with E-state index in [2.05, 4.69) is 41.2 Å². The lowest BCUT2D eigenvalue weighted by Gasteiger charge is -2.19. The molecular formula is C17H17BrF3N5O2S2. The van der Waals surface area contributed by atoms with Gasteiger partial charge < -0.3 is 5.32 Å². The lowest BCUT2D eigenvalue weighted by Crippen LogP contribution is -2.37. The van der Waals surface area contributed by atoms with Gasteiger partial charge in [-0.15, -0.1) is 11.3 Å². The molecule has 30 heavy (non-hydrogen) atoms. The van der Waals surface area contributed by atoms with Crippen LogP contribution in [0.1, 0.15) is 18.3 Å². The van der Waals surface area contributed by atoms with E-state index in [0.717, 1.165) is 17.4 Å². The number of aryl methyl sites for hydroxylation is 1. The number of nitrogens with one attached hydrogen (secondary N) is 3. The molecule has 3 aromatic rings. The summed E-state index contributed by atoms with van der Waals surface area (Å²) in [6.07, 6.45) is -4.62. The maximum Gasteiger partial charge on any atom is 0.418 e. The molecule has 2 heterocycles. The van der Waals surface area contributed by atoms with E-state index >= 15 is 0 Å². The number of H-pyrrole nitrogens is 1. The third kappa shape index (κ3) is 5.39. The number of halogens is 4. The fraction of sp³-hybridized carbons (Fsp3) is 0.294. The van der Waals surface area contributed by atoms with Gasteiger partial charge in [0, 0.05) is 23.8 Å². The number of nitrogens with zero attached hydrogens (tertiary/aromatic N) is 2. The van der Waals surface area contributed by atoms with E-state index < -0.39 is 27.8 Å². The molecule has 7 nitrogen and oxygen atoms in total. The second kappa shape index (κ2) is 8.65. The van der Waals surface area contributed by atoms with Crippen molar-refractivity contribution in [3.63, 3.8) is 0 Å². The molecule has 2 aromatic heterocycles. The first-order valence-corrected chi connectivity index (χ1v) is 11.7. The monoisotopic (exact) mass is 523 g/mol. The summed E-state index contributed by atoms with van der Waals surface area (Å²) in [6, 6.07) is 6.10. The van der Waals surface area contributed by atoms with Crippen LogP contribution in [0, 0.1) is 6.92 Å². The number of aromatic nitrogens is 3. The van der Waals surface area contributed by atoms with E-state index in [4.69, 9.17) is 0 Å². The fourth-order valence-electron chi connectivity index (χ4n) is 2.61. The van der Waals surface area contributed by atoms with Crippen LogP contribution in [0.5, 0.6) is 0 Å². The SMILES string of the molecule is Cc1nc(-c2ccc(NC[C@@H](C)NS(=O)(=O)c3ccc(Br)s3)c(C(F)(F)F)c2)n[nH]1. The minimum absolute atomic E-state index is 0.0477. The van der Waals surface area contributed by atoms with Crippen molar-refractivity contribution in [2.75, 3.05) is 11.9 Å². The van der Waals surface area contributed by atoms with Crippen molar-refractivity contribution in [3.8, 4) is 11.4 Å². The quantitative estimate of drug-likeness (QED) is 0.426. The predicted molar refractivity (Wildman–Crippen MR) is 112 cm³/mol. The zero-order valence-electron chi connectivity index (χ0n) is 15.7. The van der Waals surface area contributed by atoms with E-state index in [9.17, 15) is 21.6 Å². The van der Waals surface area contributed by atoms with Crippen molar-refractivity contribution in [1.82, 2.24) is 19.9 Å². The summed E-state index contributed by atoms with van der Waals surface area (Å²) in [5.74, 6) is 0.646. The van der Waals surface area contributed by atoms with Crippen LogP contribution in [0.25, 0.3) is 11.4 Å². The number of benzene rings is 1. The molecule has 0 aliphatic heterocycles. The molecule has 0 aliphatic carbocycles. The Balaban J connectivity index is 1.75. The molecule has 0 spiro atoms. The summed E-state index contributed by atoms with van der Waals surface area (Å²) in [5, 5.41) is 9.15. The Kier molecular flexibility index (Phi) is 6.55. The lowest BCUT2D eigenvalue weighted by molar-refractivity contribution is -0.136. The van der Waals surface area contributed by atoms with Gasteiger partial charge in [-0.05, 0) is 60.1 Å². The Labute approximate surface area is 183 Å². The summed E-state index contributed by atoms with van der Waals surface area (Å²) < 4.78 is 68.6. The van der Waals surface area contributed by atoms with Gasteiger partial charge in [0.05, 0.1) is 9.35 Å². The Morgan fingerprint density at radius 2 is 2.00 bits per heavy atom. The molecule has 162 valence electrons. The molecule has 13 heteroatoms. The van der Waals surface area contributed by atoms with Crippen molar-refractivity contribution in [2.45, 2.75) is 30.3 Å². The van der Waals surface area contributed by atoms with Crippen LogP contribution < -0.4 is 10.0 Å². The molecule has 0 saturated heterocycles. The molecule has 0 amide bonds. The van der Waals surface area contributed by atoms with E-state index in [1.165, 1.54) is 18.2 Å². The Hall–Kier alpha value is -1.96. The number of hydrogen-bond acceptors (Lipinski definition) is 6. The van der Waals surface area contributed by atoms with Gasteiger partial charge in [-0.3, -0.25) is 5.10 Å². The topological polar surface area (TPSA) is 99.8 Å². The molecule has 0 radical (unpaired) electrons. The number of sulfonamides is 1. The summed E-state index contributed by atoms with van der Waals surface area (Å²) >= 11 is 4.24. The Morgan fingerprint density at radius 1 is 1.27 bits per heavy atom. The second-order valence-electron chi connectivity index (χ2n) is 6.46.